The molecule has 0 unspecified atom stereocenters. The maximum atomic E-state index is 13.7. The molecule has 2 rings (SSSR count). The summed E-state index contributed by atoms with van der Waals surface area (Å²) < 4.78 is 41.0. The summed E-state index contributed by atoms with van der Waals surface area (Å²) in [4.78, 5) is 3.49. The molecule has 1 aromatic heterocycles. The lowest BCUT2D eigenvalue weighted by molar-refractivity contribution is 0.571. The first kappa shape index (κ1) is 14.7. The van der Waals surface area contributed by atoms with E-state index in [2.05, 4.69) is 25.6 Å². The highest BCUT2D eigenvalue weighted by Crippen LogP contribution is 2.25. The van der Waals surface area contributed by atoms with Crippen molar-refractivity contribution in [3.63, 3.8) is 0 Å². The van der Waals surface area contributed by atoms with Crippen molar-refractivity contribution in [1.29, 1.82) is 0 Å². The number of aryl methyl sites for hydroxylation is 1. The molecule has 0 atom stereocenters. The third kappa shape index (κ3) is 2.91. The molecule has 0 saturated carbocycles. The molecule has 2 aromatic rings. The molecule has 0 spiro atoms. The molecular weight excluding hydrogens is 349 g/mol. The molecule has 0 amide bonds. The van der Waals surface area contributed by atoms with Crippen molar-refractivity contribution in [2.45, 2.75) is 11.8 Å². The number of nitrogens with two attached hydrogens (primary N) is 1. The van der Waals surface area contributed by atoms with Gasteiger partial charge in [0.15, 0.2) is 0 Å². The Kier molecular flexibility index (Phi) is 3.96. The second-order valence-corrected chi connectivity index (χ2v) is 6.46. The van der Waals surface area contributed by atoms with Gasteiger partial charge in [0.25, 0.3) is 10.0 Å². The molecule has 20 heavy (non-hydrogen) atoms. The van der Waals surface area contributed by atoms with Gasteiger partial charge in [-0.25, -0.2) is 17.8 Å². The molecule has 0 aliphatic rings. The van der Waals surface area contributed by atoms with Gasteiger partial charge in [-0.2, -0.15) is 0 Å². The molecule has 0 bridgehead atoms. The Hall–Kier alpha value is -1.67. The number of benzene rings is 1. The van der Waals surface area contributed by atoms with Crippen LogP contribution in [-0.4, -0.2) is 13.4 Å². The zero-order valence-corrected chi connectivity index (χ0v) is 12.8. The molecule has 0 saturated heterocycles. The molecule has 0 aliphatic carbocycles. The fourth-order valence-corrected chi connectivity index (χ4v) is 3.35. The van der Waals surface area contributed by atoms with Crippen molar-refractivity contribution < 1.29 is 12.8 Å². The lowest BCUT2D eigenvalue weighted by atomic mass is 10.3. The summed E-state index contributed by atoms with van der Waals surface area (Å²) in [5.74, 6) is -0.903. The molecule has 5 nitrogen and oxygen atoms in total. The van der Waals surface area contributed by atoms with E-state index in [0.717, 1.165) is 6.07 Å². The van der Waals surface area contributed by atoms with Crippen molar-refractivity contribution in [2.75, 3.05) is 10.5 Å². The smallest absolute Gasteiger partial charge is 0.266 e. The highest BCUT2D eigenvalue weighted by atomic mass is 79.9. The first-order valence-corrected chi connectivity index (χ1v) is 7.79. The van der Waals surface area contributed by atoms with Gasteiger partial charge >= 0.3 is 0 Å². The van der Waals surface area contributed by atoms with Crippen molar-refractivity contribution in [3.8, 4) is 0 Å². The fourth-order valence-electron chi connectivity index (χ4n) is 1.64. The van der Waals surface area contributed by atoms with Crippen LogP contribution in [0.1, 0.15) is 5.69 Å². The predicted molar refractivity (Wildman–Crippen MR) is 78.3 cm³/mol. The lowest BCUT2D eigenvalue weighted by Crippen LogP contribution is -2.17. The third-order valence-electron chi connectivity index (χ3n) is 2.56. The van der Waals surface area contributed by atoms with Gasteiger partial charge in [0, 0.05) is 0 Å². The van der Waals surface area contributed by atoms with Crippen LogP contribution in [0.15, 0.2) is 39.8 Å². The minimum Gasteiger partial charge on any atom is -0.398 e. The number of rotatable bonds is 3. The average molecular weight is 360 g/mol. The number of sulfonamides is 1. The first-order valence-electron chi connectivity index (χ1n) is 5.51. The van der Waals surface area contributed by atoms with E-state index in [0.29, 0.717) is 10.3 Å². The van der Waals surface area contributed by atoms with E-state index in [-0.39, 0.29) is 11.4 Å². The molecule has 0 fully saturated rings. The summed E-state index contributed by atoms with van der Waals surface area (Å²) in [6.45, 7) is 1.63. The largest absolute Gasteiger partial charge is 0.398 e. The summed E-state index contributed by atoms with van der Waals surface area (Å²) in [7, 11) is -4.12. The van der Waals surface area contributed by atoms with Crippen LogP contribution in [-0.2, 0) is 10.0 Å². The minimum absolute atomic E-state index is 0.153. The maximum absolute atomic E-state index is 13.7. The van der Waals surface area contributed by atoms with Crippen molar-refractivity contribution in [3.05, 3.63) is 46.4 Å². The summed E-state index contributed by atoms with van der Waals surface area (Å²) >= 11 is 3.18. The van der Waals surface area contributed by atoms with Gasteiger partial charge in [0.05, 0.1) is 17.1 Å². The summed E-state index contributed by atoms with van der Waals surface area (Å²) in [5, 5.41) is 0. The molecule has 0 radical (unpaired) electrons. The number of hydrogen-bond acceptors (Lipinski definition) is 4. The number of pyridine rings is 1. The van der Waals surface area contributed by atoms with E-state index in [1.165, 1.54) is 18.2 Å². The Morgan fingerprint density at radius 2 is 2.00 bits per heavy atom. The lowest BCUT2D eigenvalue weighted by Gasteiger charge is -2.12. The van der Waals surface area contributed by atoms with Crippen LogP contribution in [0.25, 0.3) is 0 Å². The van der Waals surface area contributed by atoms with E-state index in [4.69, 9.17) is 5.73 Å². The highest BCUT2D eigenvalue weighted by Gasteiger charge is 2.23. The van der Waals surface area contributed by atoms with Gasteiger partial charge in [0.1, 0.15) is 15.3 Å². The van der Waals surface area contributed by atoms with E-state index in [1.54, 1.807) is 13.0 Å². The quantitative estimate of drug-likeness (QED) is 0.651. The van der Waals surface area contributed by atoms with Gasteiger partial charge in [-0.3, -0.25) is 4.72 Å². The Labute approximate surface area is 124 Å². The van der Waals surface area contributed by atoms with Crippen LogP contribution in [0.4, 0.5) is 15.8 Å². The highest BCUT2D eigenvalue weighted by molar-refractivity contribution is 9.10. The average Bonchev–Trinajstić information content (AvgIpc) is 2.32. The van der Waals surface area contributed by atoms with E-state index in [1.807, 2.05) is 0 Å². The van der Waals surface area contributed by atoms with Crippen LogP contribution in [0.5, 0.6) is 0 Å². The number of hydrogen-bond donors (Lipinski definition) is 2. The summed E-state index contributed by atoms with van der Waals surface area (Å²) in [6.07, 6.45) is 0. The predicted octanol–water partition coefficient (Wildman–Crippen LogP) is 2.67. The van der Waals surface area contributed by atoms with E-state index in [9.17, 15) is 12.8 Å². The zero-order valence-electron chi connectivity index (χ0n) is 10.4. The molecule has 3 N–H and O–H groups in total. The number of nitrogen functional groups attached to an aromatic ring is 1. The van der Waals surface area contributed by atoms with Crippen LogP contribution in [0.2, 0.25) is 0 Å². The van der Waals surface area contributed by atoms with Crippen molar-refractivity contribution >= 4 is 37.3 Å². The molecule has 8 heteroatoms. The maximum Gasteiger partial charge on any atom is 0.266 e. The van der Waals surface area contributed by atoms with Crippen LogP contribution < -0.4 is 10.5 Å². The van der Waals surface area contributed by atoms with E-state index < -0.39 is 20.7 Å². The zero-order chi connectivity index (χ0) is 14.9. The Morgan fingerprint density at radius 3 is 2.60 bits per heavy atom. The van der Waals surface area contributed by atoms with Gasteiger partial charge in [-0.05, 0) is 47.1 Å². The molecule has 106 valence electrons. The van der Waals surface area contributed by atoms with Gasteiger partial charge in [-0.15, -0.1) is 0 Å². The number of halogens is 2. The second-order valence-electron chi connectivity index (χ2n) is 4.03. The SMILES string of the molecule is Cc1nc(Br)ccc1NS(=O)(=O)c1c(N)cccc1F. The van der Waals surface area contributed by atoms with Gasteiger partial charge < -0.3 is 5.73 Å². The first-order chi connectivity index (χ1) is 9.31. The topological polar surface area (TPSA) is 85.1 Å². The van der Waals surface area contributed by atoms with Crippen molar-refractivity contribution in [1.82, 2.24) is 4.98 Å². The Balaban J connectivity index is 2.46. The fraction of sp³-hybridized carbons (Fsp3) is 0.0833. The molecular formula is C12H11BrFN3O2S. The second kappa shape index (κ2) is 5.37. The normalized spacial score (nSPS) is 11.3. The number of nitrogens with one attached hydrogen (secondary N) is 1. The number of anilines is 2. The van der Waals surface area contributed by atoms with E-state index >= 15 is 0 Å². The number of nitrogens with zero attached hydrogens (tertiary/aromatic N) is 1. The van der Waals surface area contributed by atoms with Crippen molar-refractivity contribution in [2.24, 2.45) is 0 Å². The molecule has 1 heterocycles. The van der Waals surface area contributed by atoms with Crippen LogP contribution >= 0.6 is 15.9 Å². The summed E-state index contributed by atoms with van der Waals surface area (Å²) in [5.41, 5.74) is 6.10. The monoisotopic (exact) mass is 359 g/mol. The number of aromatic nitrogens is 1. The Bertz CT molecular complexity index is 745. The third-order valence-corrected chi connectivity index (χ3v) is 4.46. The molecule has 0 aliphatic heterocycles. The van der Waals surface area contributed by atoms with Gasteiger partial charge in [0.2, 0.25) is 0 Å². The summed E-state index contributed by atoms with van der Waals surface area (Å²) in [6, 6.07) is 6.81. The minimum atomic E-state index is -4.12. The van der Waals surface area contributed by atoms with Gasteiger partial charge in [-0.1, -0.05) is 6.07 Å². The van der Waals surface area contributed by atoms with Crippen LogP contribution in [0.3, 0.4) is 0 Å². The Morgan fingerprint density at radius 1 is 1.30 bits per heavy atom. The molecule has 1 aromatic carbocycles. The van der Waals surface area contributed by atoms with Crippen LogP contribution in [0, 0.1) is 12.7 Å². The standard InChI is InChI=1S/C12H11BrFN3O2S/c1-7-10(5-6-11(13)16-7)17-20(18,19)12-8(14)3-2-4-9(12)15/h2-6,17H,15H2,1H3.